The summed E-state index contributed by atoms with van der Waals surface area (Å²) in [4.78, 5) is 11.3. The van der Waals surface area contributed by atoms with Crippen LogP contribution >= 0.6 is 15.9 Å². The molecule has 0 heterocycles. The minimum Gasteiger partial charge on any atom is -0.507 e. The van der Waals surface area contributed by atoms with Crippen LogP contribution in [0.15, 0.2) is 22.7 Å². The molecule has 1 aromatic rings. The lowest BCUT2D eigenvalue weighted by atomic mass is 10.2. The first-order valence-electron chi connectivity index (χ1n) is 5.72. The fourth-order valence-corrected chi connectivity index (χ4v) is 1.54. The number of amides is 1. The number of alkyl carbamates (subject to hydrolysis) is 1. The monoisotopic (exact) mass is 325 g/mol. The number of benzene rings is 1. The smallest absolute Gasteiger partial charge is 0.408 e. The van der Waals surface area contributed by atoms with Crippen molar-refractivity contribution >= 4 is 22.0 Å². The highest BCUT2D eigenvalue weighted by Gasteiger charge is 2.14. The molecule has 0 aliphatic heterocycles. The molecule has 4 nitrogen and oxygen atoms in total. The summed E-state index contributed by atoms with van der Waals surface area (Å²) in [7, 11) is 0. The zero-order valence-electron chi connectivity index (χ0n) is 11.1. The minimum absolute atomic E-state index is 0.105. The topological polar surface area (TPSA) is 58.6 Å². The lowest BCUT2D eigenvalue weighted by Crippen LogP contribution is -2.32. The maximum atomic E-state index is 11.3. The van der Waals surface area contributed by atoms with E-state index in [4.69, 9.17) is 4.74 Å². The Morgan fingerprint density at radius 3 is 2.79 bits per heavy atom. The van der Waals surface area contributed by atoms with Crippen LogP contribution in [0.4, 0.5) is 4.79 Å². The third kappa shape index (κ3) is 6.16. The summed E-state index contributed by atoms with van der Waals surface area (Å²) in [5.41, 5.74) is -0.0274. The second-order valence-corrected chi connectivity index (χ2v) is 5.73. The standard InChI is InChI=1S/C14H16BrNO3/c1-14(2,3)19-13(18)16-8-4-5-10-9-11(15)6-7-12(10)17/h6-7,9,17H,8H2,1-3H3,(H,16,18). The van der Waals surface area contributed by atoms with Crippen LogP contribution in [0.25, 0.3) is 0 Å². The first-order valence-corrected chi connectivity index (χ1v) is 6.51. The zero-order chi connectivity index (χ0) is 14.5. The molecular weight excluding hydrogens is 310 g/mol. The molecule has 0 unspecified atom stereocenters. The van der Waals surface area contributed by atoms with E-state index in [-0.39, 0.29) is 12.3 Å². The summed E-state index contributed by atoms with van der Waals surface area (Å²) in [5, 5.41) is 12.1. The average Bonchev–Trinajstić information content (AvgIpc) is 2.26. The Morgan fingerprint density at radius 2 is 2.16 bits per heavy atom. The third-order valence-corrected chi connectivity index (χ3v) is 2.39. The van der Waals surface area contributed by atoms with E-state index in [1.54, 1.807) is 39.0 Å². The van der Waals surface area contributed by atoms with Gasteiger partial charge in [-0.05, 0) is 39.0 Å². The van der Waals surface area contributed by atoms with Gasteiger partial charge in [0.1, 0.15) is 11.4 Å². The lowest BCUT2D eigenvalue weighted by Gasteiger charge is -2.19. The molecule has 0 saturated heterocycles. The number of ether oxygens (including phenoxy) is 1. The number of aromatic hydroxyl groups is 1. The number of halogens is 1. The summed E-state index contributed by atoms with van der Waals surface area (Å²) in [5.74, 6) is 5.62. The summed E-state index contributed by atoms with van der Waals surface area (Å²) in [6.07, 6.45) is -0.514. The molecule has 0 aliphatic rings. The molecule has 0 spiro atoms. The van der Waals surface area contributed by atoms with Gasteiger partial charge in [0, 0.05) is 4.47 Å². The molecule has 0 aromatic heterocycles. The number of phenols is 1. The zero-order valence-corrected chi connectivity index (χ0v) is 12.7. The number of rotatable bonds is 1. The van der Waals surface area contributed by atoms with Gasteiger partial charge in [0.25, 0.3) is 0 Å². The van der Waals surface area contributed by atoms with Crippen LogP contribution in [-0.2, 0) is 4.74 Å². The highest BCUT2D eigenvalue weighted by atomic mass is 79.9. The second-order valence-electron chi connectivity index (χ2n) is 4.82. The SMILES string of the molecule is CC(C)(C)OC(=O)NCC#Cc1cc(Br)ccc1O. The van der Waals surface area contributed by atoms with E-state index < -0.39 is 11.7 Å². The van der Waals surface area contributed by atoms with Gasteiger partial charge in [-0.25, -0.2) is 4.79 Å². The van der Waals surface area contributed by atoms with Crippen molar-refractivity contribution in [3.63, 3.8) is 0 Å². The molecule has 2 N–H and O–H groups in total. The van der Waals surface area contributed by atoms with Crippen molar-refractivity contribution in [2.24, 2.45) is 0 Å². The molecule has 102 valence electrons. The molecule has 1 amide bonds. The predicted molar refractivity (Wildman–Crippen MR) is 76.9 cm³/mol. The predicted octanol–water partition coefficient (Wildman–Crippen LogP) is 3.03. The van der Waals surface area contributed by atoms with Gasteiger partial charge in [0.2, 0.25) is 0 Å². The molecule has 19 heavy (non-hydrogen) atoms. The highest BCUT2D eigenvalue weighted by molar-refractivity contribution is 9.10. The summed E-state index contributed by atoms with van der Waals surface area (Å²) >= 11 is 3.29. The van der Waals surface area contributed by atoms with E-state index in [0.29, 0.717) is 5.56 Å². The summed E-state index contributed by atoms with van der Waals surface area (Å²) in [6, 6.07) is 4.98. The number of carbonyl (C=O) groups excluding carboxylic acids is 1. The molecule has 1 rings (SSSR count). The van der Waals surface area contributed by atoms with Crippen molar-refractivity contribution in [1.82, 2.24) is 5.32 Å². The van der Waals surface area contributed by atoms with Crippen LogP contribution in [0.3, 0.4) is 0 Å². The van der Waals surface area contributed by atoms with Crippen LogP contribution < -0.4 is 5.32 Å². The van der Waals surface area contributed by atoms with Crippen LogP contribution in [0.5, 0.6) is 5.75 Å². The Hall–Kier alpha value is -1.67. The van der Waals surface area contributed by atoms with E-state index in [2.05, 4.69) is 33.1 Å². The molecule has 0 atom stereocenters. The summed E-state index contributed by atoms with van der Waals surface area (Å²) in [6.45, 7) is 5.52. The van der Waals surface area contributed by atoms with E-state index in [9.17, 15) is 9.90 Å². The maximum absolute atomic E-state index is 11.3. The fourth-order valence-electron chi connectivity index (χ4n) is 1.18. The molecule has 1 aromatic carbocycles. The van der Waals surface area contributed by atoms with Gasteiger partial charge in [-0.3, -0.25) is 0 Å². The Bertz CT molecular complexity index is 524. The third-order valence-electron chi connectivity index (χ3n) is 1.90. The van der Waals surface area contributed by atoms with Gasteiger partial charge in [-0.1, -0.05) is 27.8 Å². The van der Waals surface area contributed by atoms with Gasteiger partial charge in [-0.2, -0.15) is 0 Å². The van der Waals surface area contributed by atoms with E-state index >= 15 is 0 Å². The Balaban J connectivity index is 2.52. The largest absolute Gasteiger partial charge is 0.507 e. The number of nitrogens with one attached hydrogen (secondary N) is 1. The molecule has 0 aliphatic carbocycles. The Morgan fingerprint density at radius 1 is 1.47 bits per heavy atom. The quantitative estimate of drug-likeness (QED) is 0.780. The average molecular weight is 326 g/mol. The van der Waals surface area contributed by atoms with Crippen molar-refractivity contribution in [2.45, 2.75) is 26.4 Å². The Labute approximate surface area is 121 Å². The second kappa shape index (κ2) is 6.48. The van der Waals surface area contributed by atoms with Crippen LogP contribution in [0, 0.1) is 11.8 Å². The number of hydrogen-bond acceptors (Lipinski definition) is 3. The number of phenolic OH excluding ortho intramolecular Hbond substituents is 1. The van der Waals surface area contributed by atoms with E-state index in [0.717, 1.165) is 4.47 Å². The highest BCUT2D eigenvalue weighted by Crippen LogP contribution is 2.20. The van der Waals surface area contributed by atoms with Crippen LogP contribution in [-0.4, -0.2) is 23.3 Å². The van der Waals surface area contributed by atoms with Crippen molar-refractivity contribution in [3.8, 4) is 17.6 Å². The normalized spacial score (nSPS) is 10.3. The summed E-state index contributed by atoms with van der Waals surface area (Å²) < 4.78 is 5.89. The molecular formula is C14H16BrNO3. The fraction of sp³-hybridized carbons (Fsp3) is 0.357. The molecule has 0 saturated carbocycles. The number of carbonyl (C=O) groups is 1. The first kappa shape index (κ1) is 15.4. The van der Waals surface area contributed by atoms with Crippen LogP contribution in [0.1, 0.15) is 26.3 Å². The molecule has 0 fully saturated rings. The van der Waals surface area contributed by atoms with E-state index in [1.807, 2.05) is 0 Å². The van der Waals surface area contributed by atoms with E-state index in [1.165, 1.54) is 0 Å². The van der Waals surface area contributed by atoms with Crippen molar-refractivity contribution in [2.75, 3.05) is 6.54 Å². The van der Waals surface area contributed by atoms with Gasteiger partial charge >= 0.3 is 6.09 Å². The molecule has 5 heteroatoms. The van der Waals surface area contributed by atoms with Crippen molar-refractivity contribution in [1.29, 1.82) is 0 Å². The van der Waals surface area contributed by atoms with Gasteiger partial charge < -0.3 is 15.2 Å². The van der Waals surface area contributed by atoms with Gasteiger partial charge in [-0.15, -0.1) is 0 Å². The van der Waals surface area contributed by atoms with Crippen LogP contribution in [0.2, 0.25) is 0 Å². The molecule has 0 bridgehead atoms. The van der Waals surface area contributed by atoms with Gasteiger partial charge in [0.05, 0.1) is 12.1 Å². The maximum Gasteiger partial charge on any atom is 0.408 e. The van der Waals surface area contributed by atoms with Crippen molar-refractivity contribution in [3.05, 3.63) is 28.2 Å². The molecule has 0 radical (unpaired) electrons. The first-order chi connectivity index (χ1) is 8.78. The lowest BCUT2D eigenvalue weighted by molar-refractivity contribution is 0.0535. The van der Waals surface area contributed by atoms with Gasteiger partial charge in [0.15, 0.2) is 0 Å². The number of hydrogen-bond donors (Lipinski definition) is 2. The minimum atomic E-state index is -0.528. The Kier molecular flexibility index (Phi) is 5.25. The van der Waals surface area contributed by atoms with Crippen molar-refractivity contribution < 1.29 is 14.6 Å².